The number of sulfone groups is 1. The lowest BCUT2D eigenvalue weighted by Gasteiger charge is -2.13. The monoisotopic (exact) mass is 267 g/mol. The minimum Gasteiger partial charge on any atom is -0.497 e. The molecule has 2 rings (SSSR count). The largest absolute Gasteiger partial charge is 0.497 e. The number of hydrogen-bond donors (Lipinski definition) is 0. The van der Waals surface area contributed by atoms with Gasteiger partial charge in [-0.15, -0.1) is 0 Å². The Morgan fingerprint density at radius 2 is 1.94 bits per heavy atom. The highest BCUT2D eigenvalue weighted by atomic mass is 32.2. The van der Waals surface area contributed by atoms with E-state index in [1.165, 1.54) is 26.4 Å². The standard InChI is InChI=1S/C12H13NO4S/c1-16-9-3-4-11(10(7-9)17-2)18(14,15)12(8-13)5-6-12/h3-4,7H,5-6H2,1-2H3. The molecule has 0 unspecified atom stereocenters. The van der Waals surface area contributed by atoms with Gasteiger partial charge in [0.25, 0.3) is 0 Å². The molecule has 1 saturated carbocycles. The molecule has 0 aromatic heterocycles. The zero-order valence-corrected chi connectivity index (χ0v) is 11.0. The lowest BCUT2D eigenvalue weighted by atomic mass is 10.3. The van der Waals surface area contributed by atoms with Gasteiger partial charge in [0, 0.05) is 6.07 Å². The summed E-state index contributed by atoms with van der Waals surface area (Å²) in [5.41, 5.74) is 0. The molecular formula is C12H13NO4S. The molecule has 0 spiro atoms. The van der Waals surface area contributed by atoms with Gasteiger partial charge in [-0.25, -0.2) is 8.42 Å². The minimum atomic E-state index is -3.69. The zero-order chi connectivity index (χ0) is 13.4. The Kier molecular flexibility index (Phi) is 2.95. The number of methoxy groups -OCH3 is 2. The van der Waals surface area contributed by atoms with E-state index in [2.05, 4.69) is 0 Å². The van der Waals surface area contributed by atoms with E-state index in [0.29, 0.717) is 18.6 Å². The first kappa shape index (κ1) is 12.7. The summed E-state index contributed by atoms with van der Waals surface area (Å²) in [6.07, 6.45) is 0.752. The molecule has 96 valence electrons. The number of nitriles is 1. The highest BCUT2D eigenvalue weighted by Crippen LogP contribution is 2.48. The van der Waals surface area contributed by atoms with Gasteiger partial charge in [-0.2, -0.15) is 5.26 Å². The first-order valence-electron chi connectivity index (χ1n) is 5.39. The quantitative estimate of drug-likeness (QED) is 0.827. The number of rotatable bonds is 4. The third-order valence-electron chi connectivity index (χ3n) is 3.08. The Morgan fingerprint density at radius 1 is 1.28 bits per heavy atom. The van der Waals surface area contributed by atoms with Crippen molar-refractivity contribution in [2.75, 3.05) is 14.2 Å². The van der Waals surface area contributed by atoms with Crippen molar-refractivity contribution in [2.24, 2.45) is 0 Å². The van der Waals surface area contributed by atoms with Crippen molar-refractivity contribution in [1.82, 2.24) is 0 Å². The second kappa shape index (κ2) is 4.18. The summed E-state index contributed by atoms with van der Waals surface area (Å²) in [6, 6.07) is 6.36. The van der Waals surface area contributed by atoms with E-state index < -0.39 is 14.6 Å². The van der Waals surface area contributed by atoms with Crippen LogP contribution in [0.1, 0.15) is 12.8 Å². The summed E-state index contributed by atoms with van der Waals surface area (Å²) in [6.45, 7) is 0. The average Bonchev–Trinajstić information content (AvgIpc) is 3.19. The van der Waals surface area contributed by atoms with Crippen molar-refractivity contribution in [3.8, 4) is 17.6 Å². The van der Waals surface area contributed by atoms with Gasteiger partial charge in [-0.05, 0) is 25.0 Å². The summed E-state index contributed by atoms with van der Waals surface area (Å²) < 4.78 is 33.6. The molecule has 6 heteroatoms. The molecule has 0 heterocycles. The fraction of sp³-hybridized carbons (Fsp3) is 0.417. The van der Waals surface area contributed by atoms with E-state index in [9.17, 15) is 8.42 Å². The van der Waals surface area contributed by atoms with Gasteiger partial charge in [0.1, 0.15) is 16.4 Å². The Hall–Kier alpha value is -1.74. The normalized spacial score (nSPS) is 16.7. The molecule has 0 bridgehead atoms. The van der Waals surface area contributed by atoms with Crippen LogP contribution < -0.4 is 9.47 Å². The number of nitrogens with zero attached hydrogens (tertiary/aromatic N) is 1. The van der Waals surface area contributed by atoms with Crippen LogP contribution in [0, 0.1) is 11.3 Å². The first-order valence-corrected chi connectivity index (χ1v) is 6.87. The van der Waals surface area contributed by atoms with E-state index in [1.807, 2.05) is 6.07 Å². The number of ether oxygens (including phenoxy) is 2. The van der Waals surface area contributed by atoms with Crippen LogP contribution in [-0.4, -0.2) is 27.4 Å². The summed E-state index contributed by atoms with van der Waals surface area (Å²) in [5.74, 6) is 0.712. The molecule has 0 radical (unpaired) electrons. The van der Waals surface area contributed by atoms with Gasteiger partial charge in [0.2, 0.25) is 9.84 Å². The van der Waals surface area contributed by atoms with Crippen molar-refractivity contribution in [3.05, 3.63) is 18.2 Å². The van der Waals surface area contributed by atoms with Crippen molar-refractivity contribution in [2.45, 2.75) is 22.5 Å². The van der Waals surface area contributed by atoms with Crippen LogP contribution in [0.2, 0.25) is 0 Å². The summed E-state index contributed by atoms with van der Waals surface area (Å²) in [5, 5.41) is 9.02. The van der Waals surface area contributed by atoms with Crippen molar-refractivity contribution in [1.29, 1.82) is 5.26 Å². The molecule has 1 aliphatic rings. The van der Waals surface area contributed by atoms with Crippen LogP contribution >= 0.6 is 0 Å². The predicted molar refractivity (Wildman–Crippen MR) is 64.3 cm³/mol. The maximum atomic E-state index is 12.4. The first-order chi connectivity index (χ1) is 8.50. The van der Waals surface area contributed by atoms with Crippen molar-refractivity contribution >= 4 is 9.84 Å². The fourth-order valence-electron chi connectivity index (χ4n) is 1.76. The van der Waals surface area contributed by atoms with Crippen LogP contribution in [-0.2, 0) is 9.84 Å². The summed E-state index contributed by atoms with van der Waals surface area (Å²) in [4.78, 5) is 0.0462. The Balaban J connectivity index is 2.56. The number of hydrogen-bond acceptors (Lipinski definition) is 5. The molecule has 0 atom stereocenters. The molecule has 0 N–H and O–H groups in total. The van der Waals surface area contributed by atoms with Crippen LogP contribution in [0.5, 0.6) is 11.5 Å². The highest BCUT2D eigenvalue weighted by molar-refractivity contribution is 7.93. The molecule has 1 aromatic rings. The molecule has 1 fully saturated rings. The van der Waals surface area contributed by atoms with Crippen molar-refractivity contribution < 1.29 is 17.9 Å². The maximum absolute atomic E-state index is 12.4. The average molecular weight is 267 g/mol. The van der Waals surface area contributed by atoms with E-state index in [0.717, 1.165) is 0 Å². The lowest BCUT2D eigenvalue weighted by molar-refractivity contribution is 0.386. The smallest absolute Gasteiger partial charge is 0.201 e. The maximum Gasteiger partial charge on any atom is 0.201 e. The molecule has 0 aliphatic heterocycles. The van der Waals surface area contributed by atoms with Gasteiger partial charge in [-0.1, -0.05) is 0 Å². The molecular weight excluding hydrogens is 254 g/mol. The Morgan fingerprint density at radius 3 is 2.39 bits per heavy atom. The van der Waals surface area contributed by atoms with Crippen LogP contribution in [0.15, 0.2) is 23.1 Å². The second-order valence-corrected chi connectivity index (χ2v) is 6.35. The van der Waals surface area contributed by atoms with E-state index in [4.69, 9.17) is 14.7 Å². The third kappa shape index (κ3) is 1.71. The molecule has 5 nitrogen and oxygen atoms in total. The predicted octanol–water partition coefficient (Wildman–Crippen LogP) is 1.53. The van der Waals surface area contributed by atoms with Gasteiger partial charge in [0.15, 0.2) is 4.75 Å². The molecule has 0 amide bonds. The molecule has 18 heavy (non-hydrogen) atoms. The third-order valence-corrected chi connectivity index (χ3v) is 5.53. The van der Waals surface area contributed by atoms with Crippen LogP contribution in [0.3, 0.4) is 0 Å². The Labute approximate surface area is 106 Å². The highest BCUT2D eigenvalue weighted by Gasteiger charge is 2.56. The summed E-state index contributed by atoms with van der Waals surface area (Å²) >= 11 is 0. The van der Waals surface area contributed by atoms with E-state index >= 15 is 0 Å². The van der Waals surface area contributed by atoms with Gasteiger partial charge >= 0.3 is 0 Å². The van der Waals surface area contributed by atoms with Crippen LogP contribution in [0.25, 0.3) is 0 Å². The van der Waals surface area contributed by atoms with Crippen molar-refractivity contribution in [3.63, 3.8) is 0 Å². The van der Waals surface area contributed by atoms with Gasteiger partial charge in [0.05, 0.1) is 20.3 Å². The fourth-order valence-corrected chi connectivity index (χ4v) is 3.60. The van der Waals surface area contributed by atoms with Gasteiger partial charge < -0.3 is 9.47 Å². The Bertz CT molecular complexity index is 611. The van der Waals surface area contributed by atoms with Gasteiger partial charge in [-0.3, -0.25) is 0 Å². The molecule has 0 saturated heterocycles. The number of benzene rings is 1. The van der Waals surface area contributed by atoms with E-state index in [1.54, 1.807) is 6.07 Å². The summed E-state index contributed by atoms with van der Waals surface area (Å²) in [7, 11) is -0.812. The second-order valence-electron chi connectivity index (χ2n) is 4.13. The molecule has 1 aromatic carbocycles. The SMILES string of the molecule is COc1ccc(S(=O)(=O)C2(C#N)CC2)c(OC)c1. The lowest BCUT2D eigenvalue weighted by Crippen LogP contribution is -2.21. The topological polar surface area (TPSA) is 76.4 Å². The zero-order valence-electron chi connectivity index (χ0n) is 10.1. The molecule has 1 aliphatic carbocycles. The van der Waals surface area contributed by atoms with Crippen LogP contribution in [0.4, 0.5) is 0 Å². The minimum absolute atomic E-state index is 0.0462. The van der Waals surface area contributed by atoms with E-state index in [-0.39, 0.29) is 10.6 Å².